The molecule has 2 unspecified atom stereocenters. The summed E-state index contributed by atoms with van der Waals surface area (Å²) in [5.74, 6) is -0.603. The highest BCUT2D eigenvalue weighted by atomic mass is 19.1. The molecule has 0 saturated carbocycles. The molecular formula is C23H30FN7O2. The van der Waals surface area contributed by atoms with Crippen molar-refractivity contribution in [2.75, 3.05) is 25.0 Å². The van der Waals surface area contributed by atoms with E-state index in [9.17, 15) is 14.0 Å². The molecule has 2 saturated heterocycles. The van der Waals surface area contributed by atoms with E-state index < -0.39 is 11.7 Å². The van der Waals surface area contributed by atoms with Gasteiger partial charge in [-0.1, -0.05) is 6.92 Å². The van der Waals surface area contributed by atoms with Gasteiger partial charge in [0.1, 0.15) is 11.5 Å². The first kappa shape index (κ1) is 21.8. The third-order valence-corrected chi connectivity index (χ3v) is 7.56. The zero-order chi connectivity index (χ0) is 23.3. The van der Waals surface area contributed by atoms with E-state index in [4.69, 9.17) is 0 Å². The van der Waals surface area contributed by atoms with Gasteiger partial charge in [0.2, 0.25) is 0 Å². The first-order valence-electron chi connectivity index (χ1n) is 11.6. The number of anilines is 1. The molecule has 2 aromatic heterocycles. The molecule has 10 heteroatoms. The van der Waals surface area contributed by atoms with Gasteiger partial charge in [-0.25, -0.2) is 14.2 Å². The highest BCUT2D eigenvalue weighted by molar-refractivity contribution is 6.02. The quantitative estimate of drug-likeness (QED) is 0.741. The summed E-state index contributed by atoms with van der Waals surface area (Å²) in [6.45, 7) is 9.51. The van der Waals surface area contributed by atoms with Crippen LogP contribution in [0.2, 0.25) is 0 Å². The summed E-state index contributed by atoms with van der Waals surface area (Å²) in [6, 6.07) is 2.56. The van der Waals surface area contributed by atoms with Crippen LogP contribution >= 0.6 is 0 Å². The van der Waals surface area contributed by atoms with E-state index in [1.165, 1.54) is 18.6 Å². The maximum atomic E-state index is 13.7. The summed E-state index contributed by atoms with van der Waals surface area (Å²) in [4.78, 5) is 36.5. The zero-order valence-corrected chi connectivity index (χ0v) is 19.3. The molecule has 0 spiro atoms. The van der Waals surface area contributed by atoms with Gasteiger partial charge in [0, 0.05) is 30.2 Å². The van der Waals surface area contributed by atoms with E-state index in [1.807, 2.05) is 11.8 Å². The summed E-state index contributed by atoms with van der Waals surface area (Å²) in [5, 5.41) is 9.99. The monoisotopic (exact) mass is 455 g/mol. The van der Waals surface area contributed by atoms with Gasteiger partial charge in [0.25, 0.3) is 5.91 Å². The van der Waals surface area contributed by atoms with Crippen LogP contribution in [0.1, 0.15) is 67.8 Å². The summed E-state index contributed by atoms with van der Waals surface area (Å²) in [7, 11) is 0. The van der Waals surface area contributed by atoms with Crippen molar-refractivity contribution in [3.8, 4) is 0 Å². The van der Waals surface area contributed by atoms with E-state index >= 15 is 0 Å². The van der Waals surface area contributed by atoms with Crippen molar-refractivity contribution in [1.29, 1.82) is 0 Å². The minimum atomic E-state index is -0.507. The SMILES string of the molecule is CC[C@H]1CN2CCCC2(C)CN1C(=O)N1Cc2c(NC(=O)c3ccc(F)cn3)n[nH]c2C1C. The molecule has 3 atom stereocenters. The largest absolute Gasteiger partial charge is 0.321 e. The molecule has 5 rings (SSSR count). The van der Waals surface area contributed by atoms with Gasteiger partial charge in [-0.3, -0.25) is 14.8 Å². The first-order chi connectivity index (χ1) is 15.8. The molecule has 0 aliphatic carbocycles. The van der Waals surface area contributed by atoms with Crippen LogP contribution in [0.5, 0.6) is 0 Å². The molecule has 0 radical (unpaired) electrons. The van der Waals surface area contributed by atoms with Gasteiger partial charge in [-0.2, -0.15) is 5.10 Å². The fraction of sp³-hybridized carbons (Fsp3) is 0.565. The lowest BCUT2D eigenvalue weighted by Crippen LogP contribution is -2.64. The summed E-state index contributed by atoms with van der Waals surface area (Å²) >= 11 is 0. The van der Waals surface area contributed by atoms with E-state index in [0.717, 1.165) is 49.9 Å². The number of amides is 3. The van der Waals surface area contributed by atoms with Crippen LogP contribution in [0.25, 0.3) is 0 Å². The third kappa shape index (κ3) is 3.66. The average Bonchev–Trinajstić information content (AvgIpc) is 3.47. The fourth-order valence-corrected chi connectivity index (χ4v) is 5.52. The van der Waals surface area contributed by atoms with Crippen LogP contribution in [-0.4, -0.2) is 73.0 Å². The number of aromatic amines is 1. The Hall–Kier alpha value is -3.01. The minimum Gasteiger partial charge on any atom is -0.319 e. The molecule has 3 aliphatic rings. The molecule has 2 aromatic rings. The molecule has 33 heavy (non-hydrogen) atoms. The highest BCUT2D eigenvalue weighted by Crippen LogP contribution is 2.39. The maximum absolute atomic E-state index is 13.7. The van der Waals surface area contributed by atoms with Crippen molar-refractivity contribution in [2.45, 2.75) is 64.2 Å². The van der Waals surface area contributed by atoms with Crippen molar-refractivity contribution in [3.63, 3.8) is 0 Å². The minimum absolute atomic E-state index is 0.0317. The van der Waals surface area contributed by atoms with Gasteiger partial charge in [-0.05, 0) is 51.8 Å². The van der Waals surface area contributed by atoms with Crippen molar-refractivity contribution >= 4 is 17.8 Å². The molecule has 3 amide bonds. The topological polar surface area (TPSA) is 97.5 Å². The molecule has 9 nitrogen and oxygen atoms in total. The normalized spacial score (nSPS) is 26.9. The summed E-state index contributed by atoms with van der Waals surface area (Å²) < 4.78 is 13.1. The molecular weight excluding hydrogens is 425 g/mol. The number of nitrogens with zero attached hydrogens (tertiary/aromatic N) is 5. The number of rotatable bonds is 3. The lowest BCUT2D eigenvalue weighted by atomic mass is 9.93. The van der Waals surface area contributed by atoms with E-state index in [1.54, 1.807) is 0 Å². The second-order valence-corrected chi connectivity index (χ2v) is 9.60. The summed E-state index contributed by atoms with van der Waals surface area (Å²) in [5.41, 5.74) is 1.76. The Morgan fingerprint density at radius 1 is 1.33 bits per heavy atom. The highest BCUT2D eigenvalue weighted by Gasteiger charge is 2.48. The third-order valence-electron chi connectivity index (χ3n) is 7.56. The number of carbonyl (C=O) groups excluding carboxylic acids is 2. The summed E-state index contributed by atoms with van der Waals surface area (Å²) in [6.07, 6.45) is 4.21. The molecule has 2 fully saturated rings. The lowest BCUT2D eigenvalue weighted by molar-refractivity contribution is 0.00674. The van der Waals surface area contributed by atoms with E-state index in [-0.39, 0.29) is 29.3 Å². The molecule has 0 bridgehead atoms. The predicted octanol–water partition coefficient (Wildman–Crippen LogP) is 3.14. The Balaban J connectivity index is 1.33. The van der Waals surface area contributed by atoms with Gasteiger partial charge in [0.15, 0.2) is 5.82 Å². The number of H-pyrrole nitrogens is 1. The number of fused-ring (bicyclic) bond motifs is 2. The van der Waals surface area contributed by atoms with Crippen LogP contribution in [0.15, 0.2) is 18.3 Å². The predicted molar refractivity (Wildman–Crippen MR) is 120 cm³/mol. The van der Waals surface area contributed by atoms with Crippen molar-refractivity contribution in [2.24, 2.45) is 0 Å². The fourth-order valence-electron chi connectivity index (χ4n) is 5.52. The van der Waals surface area contributed by atoms with Crippen molar-refractivity contribution in [1.82, 2.24) is 29.9 Å². The van der Waals surface area contributed by atoms with E-state index in [0.29, 0.717) is 12.4 Å². The number of aromatic nitrogens is 3. The number of halogens is 1. The van der Waals surface area contributed by atoms with Gasteiger partial charge >= 0.3 is 6.03 Å². The number of nitrogens with one attached hydrogen (secondary N) is 2. The number of hydrogen-bond donors (Lipinski definition) is 2. The molecule has 3 aliphatic heterocycles. The first-order valence-corrected chi connectivity index (χ1v) is 11.6. The standard InChI is InChI=1S/C23H30FN7O2/c1-4-16-11-29-9-5-8-23(29,3)13-31(16)22(33)30-12-17-19(14(30)2)27-28-20(17)26-21(32)18-7-6-15(24)10-25-18/h6-7,10,14,16H,4-5,8-9,11-13H2,1-3H3,(H2,26,27,28,32)/t14?,16-,23?/m0/s1. The van der Waals surface area contributed by atoms with Crippen LogP contribution in [0.3, 0.4) is 0 Å². The van der Waals surface area contributed by atoms with Gasteiger partial charge in [0.05, 0.1) is 24.5 Å². The Kier molecular flexibility index (Phi) is 5.35. The van der Waals surface area contributed by atoms with E-state index in [2.05, 4.69) is 44.1 Å². The molecule has 0 aromatic carbocycles. The number of urea groups is 1. The van der Waals surface area contributed by atoms with Gasteiger partial charge in [-0.15, -0.1) is 0 Å². The molecule has 176 valence electrons. The van der Waals surface area contributed by atoms with Crippen molar-refractivity contribution < 1.29 is 14.0 Å². The second-order valence-electron chi connectivity index (χ2n) is 9.60. The van der Waals surface area contributed by atoms with Crippen LogP contribution in [-0.2, 0) is 6.54 Å². The van der Waals surface area contributed by atoms with Crippen LogP contribution in [0.4, 0.5) is 15.0 Å². The lowest BCUT2D eigenvalue weighted by Gasteiger charge is -2.50. The molecule has 5 heterocycles. The Labute approximate surface area is 192 Å². The second kappa shape index (κ2) is 8.09. The Morgan fingerprint density at radius 3 is 2.88 bits per heavy atom. The van der Waals surface area contributed by atoms with Crippen LogP contribution < -0.4 is 5.32 Å². The number of piperazine rings is 1. The van der Waals surface area contributed by atoms with Crippen molar-refractivity contribution in [3.05, 3.63) is 41.1 Å². The number of carbonyl (C=O) groups is 2. The maximum Gasteiger partial charge on any atom is 0.321 e. The Bertz CT molecular complexity index is 1070. The van der Waals surface area contributed by atoms with Crippen LogP contribution in [0, 0.1) is 5.82 Å². The number of pyridine rings is 1. The van der Waals surface area contributed by atoms with Gasteiger partial charge < -0.3 is 15.1 Å². The smallest absolute Gasteiger partial charge is 0.319 e. The number of hydrogen-bond acceptors (Lipinski definition) is 5. The zero-order valence-electron chi connectivity index (χ0n) is 19.3. The average molecular weight is 456 g/mol. The molecule has 2 N–H and O–H groups in total. The Morgan fingerprint density at radius 2 is 2.15 bits per heavy atom.